The fourth-order valence-corrected chi connectivity index (χ4v) is 2.34. The van der Waals surface area contributed by atoms with Gasteiger partial charge < -0.3 is 15.7 Å². The van der Waals surface area contributed by atoms with E-state index in [0.717, 1.165) is 18.4 Å². The number of benzene rings is 1. The molecule has 1 fully saturated rings. The number of carbonyl (C=O) groups excluding carboxylic acids is 1. The van der Waals surface area contributed by atoms with E-state index >= 15 is 0 Å². The maximum atomic E-state index is 12.5. The monoisotopic (exact) mass is 248 g/mol. The molecule has 0 aromatic heterocycles. The molecule has 2 rings (SSSR count). The minimum Gasteiger partial charge on any atom is -0.399 e. The van der Waals surface area contributed by atoms with Crippen molar-refractivity contribution in [3.63, 3.8) is 0 Å². The highest BCUT2D eigenvalue weighted by atomic mass is 16.3. The predicted octanol–water partition coefficient (Wildman–Crippen LogP) is 1.56. The van der Waals surface area contributed by atoms with E-state index < -0.39 is 0 Å². The SMILES string of the molecule is Cc1cc(N)ccc1C(=O)N(CCO)C1CCC1. The number of anilines is 1. The fraction of sp³-hybridized carbons (Fsp3) is 0.500. The number of aryl methyl sites for hydroxylation is 1. The average molecular weight is 248 g/mol. The first kappa shape index (κ1) is 12.9. The van der Waals surface area contributed by atoms with Crippen molar-refractivity contribution < 1.29 is 9.90 Å². The van der Waals surface area contributed by atoms with E-state index in [1.807, 2.05) is 13.0 Å². The molecule has 0 unspecified atom stereocenters. The molecule has 0 saturated heterocycles. The number of hydrogen-bond donors (Lipinski definition) is 2. The van der Waals surface area contributed by atoms with Gasteiger partial charge in [0.25, 0.3) is 5.91 Å². The van der Waals surface area contributed by atoms with Crippen LogP contribution in [-0.2, 0) is 0 Å². The van der Waals surface area contributed by atoms with Crippen molar-refractivity contribution in [1.82, 2.24) is 4.90 Å². The second-order valence-electron chi connectivity index (χ2n) is 4.88. The summed E-state index contributed by atoms with van der Waals surface area (Å²) in [6.07, 6.45) is 3.25. The molecule has 1 aliphatic rings. The van der Waals surface area contributed by atoms with E-state index in [1.54, 1.807) is 17.0 Å². The number of hydrogen-bond acceptors (Lipinski definition) is 3. The molecule has 4 heteroatoms. The molecule has 18 heavy (non-hydrogen) atoms. The minimum atomic E-state index is 0.00579. The molecule has 1 aromatic carbocycles. The first-order valence-corrected chi connectivity index (χ1v) is 6.41. The molecule has 0 bridgehead atoms. The van der Waals surface area contributed by atoms with Crippen molar-refractivity contribution in [2.75, 3.05) is 18.9 Å². The zero-order valence-electron chi connectivity index (χ0n) is 10.7. The lowest BCUT2D eigenvalue weighted by Gasteiger charge is -2.37. The molecular weight excluding hydrogens is 228 g/mol. The number of aliphatic hydroxyl groups excluding tert-OH is 1. The predicted molar refractivity (Wildman–Crippen MR) is 71.4 cm³/mol. The lowest BCUT2D eigenvalue weighted by molar-refractivity contribution is 0.0525. The van der Waals surface area contributed by atoms with Crippen molar-refractivity contribution in [3.05, 3.63) is 29.3 Å². The van der Waals surface area contributed by atoms with Crippen LogP contribution in [0.15, 0.2) is 18.2 Å². The zero-order chi connectivity index (χ0) is 13.1. The topological polar surface area (TPSA) is 66.6 Å². The Kier molecular flexibility index (Phi) is 3.87. The zero-order valence-corrected chi connectivity index (χ0v) is 10.7. The van der Waals surface area contributed by atoms with Crippen LogP contribution in [0, 0.1) is 6.92 Å². The van der Waals surface area contributed by atoms with Gasteiger partial charge in [-0.25, -0.2) is 0 Å². The molecule has 3 N–H and O–H groups in total. The lowest BCUT2D eigenvalue weighted by Crippen LogP contribution is -2.45. The summed E-state index contributed by atoms with van der Waals surface area (Å²) >= 11 is 0. The van der Waals surface area contributed by atoms with Gasteiger partial charge in [-0.05, 0) is 49.9 Å². The second-order valence-corrected chi connectivity index (χ2v) is 4.88. The van der Waals surface area contributed by atoms with Gasteiger partial charge in [0, 0.05) is 23.8 Å². The van der Waals surface area contributed by atoms with Gasteiger partial charge in [-0.15, -0.1) is 0 Å². The molecule has 0 aliphatic heterocycles. The largest absolute Gasteiger partial charge is 0.399 e. The standard InChI is InChI=1S/C14H20N2O2/c1-10-9-11(15)5-6-13(10)14(18)16(7-8-17)12-3-2-4-12/h5-6,9,12,17H,2-4,7-8,15H2,1H3. The van der Waals surface area contributed by atoms with E-state index in [1.165, 1.54) is 6.42 Å². The Balaban J connectivity index is 2.21. The number of aliphatic hydroxyl groups is 1. The van der Waals surface area contributed by atoms with Gasteiger partial charge >= 0.3 is 0 Å². The Hall–Kier alpha value is -1.55. The summed E-state index contributed by atoms with van der Waals surface area (Å²) in [5, 5.41) is 9.10. The van der Waals surface area contributed by atoms with Gasteiger partial charge in [-0.1, -0.05) is 0 Å². The molecule has 1 saturated carbocycles. The van der Waals surface area contributed by atoms with Crippen LogP contribution in [0.5, 0.6) is 0 Å². The highest BCUT2D eigenvalue weighted by molar-refractivity contribution is 5.96. The van der Waals surface area contributed by atoms with Crippen LogP contribution in [0.25, 0.3) is 0 Å². The van der Waals surface area contributed by atoms with Crippen LogP contribution >= 0.6 is 0 Å². The highest BCUT2D eigenvalue weighted by Gasteiger charge is 2.29. The van der Waals surface area contributed by atoms with Crippen molar-refractivity contribution in [2.24, 2.45) is 0 Å². The molecular formula is C14H20N2O2. The molecule has 0 heterocycles. The van der Waals surface area contributed by atoms with Gasteiger partial charge in [0.2, 0.25) is 0 Å². The first-order chi connectivity index (χ1) is 8.63. The lowest BCUT2D eigenvalue weighted by atomic mass is 9.90. The third-order valence-electron chi connectivity index (χ3n) is 3.60. The van der Waals surface area contributed by atoms with Crippen molar-refractivity contribution in [1.29, 1.82) is 0 Å². The normalized spacial score (nSPS) is 15.2. The van der Waals surface area contributed by atoms with E-state index in [2.05, 4.69) is 0 Å². The summed E-state index contributed by atoms with van der Waals surface area (Å²) in [7, 11) is 0. The van der Waals surface area contributed by atoms with Crippen LogP contribution < -0.4 is 5.73 Å². The fourth-order valence-electron chi connectivity index (χ4n) is 2.34. The summed E-state index contributed by atoms with van der Waals surface area (Å²) in [6, 6.07) is 5.63. The smallest absolute Gasteiger partial charge is 0.254 e. The molecule has 0 radical (unpaired) electrons. The van der Waals surface area contributed by atoms with Crippen molar-refractivity contribution in [3.8, 4) is 0 Å². The summed E-state index contributed by atoms with van der Waals surface area (Å²) in [5.41, 5.74) is 7.94. The molecule has 1 amide bonds. The van der Waals surface area contributed by atoms with Crippen molar-refractivity contribution >= 4 is 11.6 Å². The van der Waals surface area contributed by atoms with E-state index in [-0.39, 0.29) is 12.5 Å². The van der Waals surface area contributed by atoms with Crippen LogP contribution in [-0.4, -0.2) is 35.1 Å². The number of nitrogen functional groups attached to an aromatic ring is 1. The maximum absolute atomic E-state index is 12.5. The quantitative estimate of drug-likeness (QED) is 0.795. The Morgan fingerprint density at radius 3 is 2.72 bits per heavy atom. The number of rotatable bonds is 4. The highest BCUT2D eigenvalue weighted by Crippen LogP contribution is 2.26. The number of nitrogens with two attached hydrogens (primary N) is 1. The third kappa shape index (κ3) is 2.48. The number of nitrogens with zero attached hydrogens (tertiary/aromatic N) is 1. The Morgan fingerprint density at radius 1 is 1.50 bits per heavy atom. The molecule has 98 valence electrons. The van der Waals surface area contributed by atoms with Crippen LogP contribution in [0.1, 0.15) is 35.2 Å². The average Bonchev–Trinajstić information content (AvgIpc) is 2.25. The second kappa shape index (κ2) is 5.40. The Bertz CT molecular complexity index is 441. The summed E-state index contributed by atoms with van der Waals surface area (Å²) in [5.74, 6) is 0.00579. The van der Waals surface area contributed by atoms with Crippen LogP contribution in [0.4, 0.5) is 5.69 Å². The first-order valence-electron chi connectivity index (χ1n) is 6.41. The molecule has 0 spiro atoms. The summed E-state index contributed by atoms with van der Waals surface area (Å²) < 4.78 is 0. The summed E-state index contributed by atoms with van der Waals surface area (Å²) in [4.78, 5) is 14.3. The molecule has 1 aromatic rings. The number of amides is 1. The maximum Gasteiger partial charge on any atom is 0.254 e. The van der Waals surface area contributed by atoms with E-state index in [0.29, 0.717) is 23.8 Å². The molecule has 4 nitrogen and oxygen atoms in total. The number of carbonyl (C=O) groups is 1. The van der Waals surface area contributed by atoms with E-state index in [4.69, 9.17) is 10.8 Å². The Labute approximate surface area is 107 Å². The van der Waals surface area contributed by atoms with Crippen LogP contribution in [0.3, 0.4) is 0 Å². The van der Waals surface area contributed by atoms with Gasteiger partial charge in [-0.2, -0.15) is 0 Å². The van der Waals surface area contributed by atoms with Gasteiger partial charge in [0.15, 0.2) is 0 Å². The van der Waals surface area contributed by atoms with Crippen molar-refractivity contribution in [2.45, 2.75) is 32.2 Å². The van der Waals surface area contributed by atoms with Gasteiger partial charge in [-0.3, -0.25) is 4.79 Å². The minimum absolute atomic E-state index is 0.00579. The molecule has 1 aliphatic carbocycles. The molecule has 0 atom stereocenters. The Morgan fingerprint density at radius 2 is 2.22 bits per heavy atom. The van der Waals surface area contributed by atoms with Gasteiger partial charge in [0.05, 0.1) is 6.61 Å². The van der Waals surface area contributed by atoms with Gasteiger partial charge in [0.1, 0.15) is 0 Å². The van der Waals surface area contributed by atoms with Crippen LogP contribution in [0.2, 0.25) is 0 Å². The third-order valence-corrected chi connectivity index (χ3v) is 3.60. The van der Waals surface area contributed by atoms with E-state index in [9.17, 15) is 4.79 Å². The summed E-state index contributed by atoms with van der Waals surface area (Å²) in [6.45, 7) is 2.31.